The summed E-state index contributed by atoms with van der Waals surface area (Å²) >= 11 is 0. The largest absolute Gasteiger partial charge is 0.534 e. The van der Waals surface area contributed by atoms with Gasteiger partial charge in [-0.3, -0.25) is 9.59 Å². The predicted molar refractivity (Wildman–Crippen MR) is 163 cm³/mol. The van der Waals surface area contributed by atoms with Crippen molar-refractivity contribution >= 4 is 30.6 Å². The third kappa shape index (κ3) is 5.97. The highest BCUT2D eigenvalue weighted by Gasteiger charge is 2.53. The van der Waals surface area contributed by atoms with Crippen molar-refractivity contribution in [3.8, 4) is 5.75 Å². The smallest absolute Gasteiger partial charge is 0.320 e. The zero-order valence-electron chi connectivity index (χ0n) is 25.0. The van der Waals surface area contributed by atoms with E-state index in [0.29, 0.717) is 13.0 Å². The standard InChI is InChI=1S/C34H42O6Si/c1-7-37-31(35)30(32(36)38-8-2)29-23-24-39-34(29,6)25-19-21-26(22-20-25)40-41(33(3,4)5,27-15-11-9-12-16-27)28-17-13-10-14-18-28/h9-22,29-30H,7-8,23-24H2,1-6H3. The van der Waals surface area contributed by atoms with E-state index in [1.165, 1.54) is 10.4 Å². The van der Waals surface area contributed by atoms with Gasteiger partial charge in [0.25, 0.3) is 0 Å². The Bertz CT molecular complexity index is 1250. The molecule has 0 bridgehead atoms. The Balaban J connectivity index is 1.72. The molecular weight excluding hydrogens is 532 g/mol. The van der Waals surface area contributed by atoms with Crippen LogP contribution in [0, 0.1) is 11.8 Å². The molecular formula is C34H42O6Si. The Morgan fingerprint density at radius 3 is 1.78 bits per heavy atom. The summed E-state index contributed by atoms with van der Waals surface area (Å²) in [6.07, 6.45) is 0.541. The minimum atomic E-state index is -2.79. The number of rotatable bonds is 10. The fourth-order valence-corrected chi connectivity index (χ4v) is 10.6. The van der Waals surface area contributed by atoms with Gasteiger partial charge in [0.1, 0.15) is 5.75 Å². The van der Waals surface area contributed by atoms with Crippen LogP contribution in [0.2, 0.25) is 5.04 Å². The van der Waals surface area contributed by atoms with Crippen LogP contribution in [0.1, 0.15) is 53.5 Å². The minimum Gasteiger partial charge on any atom is -0.534 e. The molecule has 1 aliphatic rings. The maximum absolute atomic E-state index is 12.9. The lowest BCUT2D eigenvalue weighted by atomic mass is 9.75. The molecule has 0 saturated carbocycles. The number of carbonyl (C=O) groups excluding carboxylic acids is 2. The highest BCUT2D eigenvalue weighted by molar-refractivity contribution is 7.00. The van der Waals surface area contributed by atoms with E-state index in [2.05, 4.69) is 69.3 Å². The van der Waals surface area contributed by atoms with E-state index in [1.54, 1.807) is 13.8 Å². The number of esters is 2. The van der Waals surface area contributed by atoms with Gasteiger partial charge in [-0.15, -0.1) is 0 Å². The summed E-state index contributed by atoms with van der Waals surface area (Å²) in [5.74, 6) is -1.87. The van der Waals surface area contributed by atoms with Gasteiger partial charge in [0.15, 0.2) is 5.92 Å². The molecule has 4 rings (SSSR count). The molecule has 3 aromatic carbocycles. The third-order valence-electron chi connectivity index (χ3n) is 8.14. The van der Waals surface area contributed by atoms with Crippen LogP contribution in [0.4, 0.5) is 0 Å². The van der Waals surface area contributed by atoms with Gasteiger partial charge < -0.3 is 18.6 Å². The molecule has 2 unspecified atom stereocenters. The second-order valence-electron chi connectivity index (χ2n) is 11.6. The first-order valence-electron chi connectivity index (χ1n) is 14.5. The fourth-order valence-electron chi connectivity index (χ4n) is 6.13. The van der Waals surface area contributed by atoms with Gasteiger partial charge in [-0.2, -0.15) is 0 Å². The number of benzene rings is 3. The topological polar surface area (TPSA) is 71.1 Å². The van der Waals surface area contributed by atoms with Crippen molar-refractivity contribution in [2.75, 3.05) is 19.8 Å². The molecule has 0 amide bonds. The maximum Gasteiger partial charge on any atom is 0.320 e. The van der Waals surface area contributed by atoms with Crippen molar-refractivity contribution in [3.05, 3.63) is 90.5 Å². The van der Waals surface area contributed by atoms with E-state index in [4.69, 9.17) is 18.6 Å². The van der Waals surface area contributed by atoms with Crippen LogP contribution in [0.15, 0.2) is 84.9 Å². The summed E-state index contributed by atoms with van der Waals surface area (Å²) in [7, 11) is -2.79. The Morgan fingerprint density at radius 1 is 0.854 bits per heavy atom. The Hall–Kier alpha value is -3.42. The maximum atomic E-state index is 12.9. The fraction of sp³-hybridized carbons (Fsp3) is 0.412. The van der Waals surface area contributed by atoms with E-state index in [9.17, 15) is 9.59 Å². The van der Waals surface area contributed by atoms with E-state index in [1.807, 2.05) is 43.3 Å². The summed E-state index contributed by atoms with van der Waals surface area (Å²) in [5.41, 5.74) is -0.00599. The molecule has 6 nitrogen and oxygen atoms in total. The first kappa shape index (κ1) is 30.5. The van der Waals surface area contributed by atoms with Gasteiger partial charge in [-0.05, 0) is 60.3 Å². The monoisotopic (exact) mass is 574 g/mol. The van der Waals surface area contributed by atoms with E-state index >= 15 is 0 Å². The van der Waals surface area contributed by atoms with Gasteiger partial charge in [-0.1, -0.05) is 93.6 Å². The van der Waals surface area contributed by atoms with Gasteiger partial charge >= 0.3 is 20.3 Å². The van der Waals surface area contributed by atoms with Gasteiger partial charge in [0, 0.05) is 12.5 Å². The highest BCUT2D eigenvalue weighted by Crippen LogP contribution is 2.46. The molecule has 2 atom stereocenters. The van der Waals surface area contributed by atoms with Crippen LogP contribution in [0.3, 0.4) is 0 Å². The summed E-state index contributed by atoms with van der Waals surface area (Å²) in [5, 5.41) is 2.22. The lowest BCUT2D eigenvalue weighted by Crippen LogP contribution is -2.68. The number of carbonyl (C=O) groups is 2. The lowest BCUT2D eigenvalue weighted by molar-refractivity contribution is -0.168. The first-order chi connectivity index (χ1) is 19.6. The van der Waals surface area contributed by atoms with Crippen LogP contribution in [-0.2, 0) is 29.4 Å². The molecule has 1 fully saturated rings. The Morgan fingerprint density at radius 2 is 1.34 bits per heavy atom. The van der Waals surface area contributed by atoms with Gasteiger partial charge in [0.05, 0.1) is 18.8 Å². The Labute approximate surface area is 245 Å². The van der Waals surface area contributed by atoms with Crippen LogP contribution >= 0.6 is 0 Å². The average molecular weight is 575 g/mol. The molecule has 1 saturated heterocycles. The molecule has 0 aliphatic carbocycles. The number of ether oxygens (including phenoxy) is 3. The highest BCUT2D eigenvalue weighted by atomic mass is 28.4. The van der Waals surface area contributed by atoms with Crippen LogP contribution < -0.4 is 14.8 Å². The van der Waals surface area contributed by atoms with Crippen LogP contribution in [0.5, 0.6) is 5.75 Å². The van der Waals surface area contributed by atoms with E-state index in [-0.39, 0.29) is 18.3 Å². The number of hydrogen-bond acceptors (Lipinski definition) is 6. The Kier molecular flexibility index (Phi) is 9.40. The van der Waals surface area contributed by atoms with E-state index < -0.39 is 37.7 Å². The molecule has 0 N–H and O–H groups in total. The zero-order chi connectivity index (χ0) is 29.7. The molecule has 7 heteroatoms. The summed E-state index contributed by atoms with van der Waals surface area (Å²) in [6, 6.07) is 28.9. The summed E-state index contributed by atoms with van der Waals surface area (Å²) < 4.78 is 24.0. The number of hydrogen-bond donors (Lipinski definition) is 0. The summed E-state index contributed by atoms with van der Waals surface area (Å²) in [4.78, 5) is 25.9. The third-order valence-corrected chi connectivity index (χ3v) is 13.1. The molecule has 3 aromatic rings. The molecule has 0 radical (unpaired) electrons. The van der Waals surface area contributed by atoms with Crippen LogP contribution in [0.25, 0.3) is 0 Å². The predicted octanol–water partition coefficient (Wildman–Crippen LogP) is 5.62. The lowest BCUT2D eigenvalue weighted by Gasteiger charge is -2.43. The van der Waals surface area contributed by atoms with Gasteiger partial charge in [0.2, 0.25) is 0 Å². The van der Waals surface area contributed by atoms with Crippen molar-refractivity contribution in [2.24, 2.45) is 11.8 Å². The SMILES string of the molecule is CCOC(=O)C(C(=O)OCC)C1CCOC1(C)c1ccc(O[Si](c2ccccc2)(c2ccccc2)C(C)(C)C)cc1. The first-order valence-corrected chi connectivity index (χ1v) is 16.4. The molecule has 1 heterocycles. The second-order valence-corrected chi connectivity index (χ2v) is 15.8. The quantitative estimate of drug-likeness (QED) is 0.178. The molecule has 0 spiro atoms. The molecule has 41 heavy (non-hydrogen) atoms. The minimum absolute atomic E-state index is 0.174. The van der Waals surface area contributed by atoms with Crippen molar-refractivity contribution in [2.45, 2.75) is 58.6 Å². The molecule has 0 aromatic heterocycles. The second kappa shape index (κ2) is 12.6. The summed E-state index contributed by atoms with van der Waals surface area (Å²) in [6.45, 7) is 12.9. The van der Waals surface area contributed by atoms with Crippen molar-refractivity contribution in [3.63, 3.8) is 0 Å². The molecule has 218 valence electrons. The van der Waals surface area contributed by atoms with Crippen LogP contribution in [-0.4, -0.2) is 40.1 Å². The van der Waals surface area contributed by atoms with Crippen molar-refractivity contribution < 1.29 is 28.2 Å². The van der Waals surface area contributed by atoms with Gasteiger partial charge in [-0.25, -0.2) is 0 Å². The zero-order valence-corrected chi connectivity index (χ0v) is 26.0. The average Bonchev–Trinajstić information content (AvgIpc) is 3.34. The van der Waals surface area contributed by atoms with E-state index in [0.717, 1.165) is 11.3 Å². The van der Waals surface area contributed by atoms with Crippen molar-refractivity contribution in [1.29, 1.82) is 0 Å². The van der Waals surface area contributed by atoms with Crippen molar-refractivity contribution in [1.82, 2.24) is 0 Å². The molecule has 1 aliphatic heterocycles. The normalized spacial score (nSPS) is 19.1.